The summed E-state index contributed by atoms with van der Waals surface area (Å²) in [6.45, 7) is 2.39. The van der Waals surface area contributed by atoms with E-state index in [0.717, 1.165) is 0 Å². The van der Waals surface area contributed by atoms with Crippen molar-refractivity contribution < 1.29 is 18.7 Å². The third-order valence-electron chi connectivity index (χ3n) is 1.74. The van der Waals surface area contributed by atoms with Crippen molar-refractivity contribution in [1.29, 1.82) is 0 Å². The van der Waals surface area contributed by atoms with Gasteiger partial charge in [0.15, 0.2) is 0 Å². The number of hydrogen-bond acceptors (Lipinski definition) is 2. The Hall–Kier alpha value is -0.360. The first-order valence-corrected chi connectivity index (χ1v) is 4.67. The Morgan fingerprint density at radius 3 is 2.31 bits per heavy atom. The van der Waals surface area contributed by atoms with Crippen molar-refractivity contribution in [3.8, 4) is 0 Å². The minimum Gasteiger partial charge on any atom is -0.477 e. The topological polar surface area (TPSA) is 40.5 Å². The van der Waals surface area contributed by atoms with Gasteiger partial charge in [-0.15, -0.1) is 4.31 Å². The number of hydrogen-bond donors (Lipinski definition) is 1. The summed E-state index contributed by atoms with van der Waals surface area (Å²) in [4.78, 5) is 10.6. The standard InChI is InChI=1S/C7H11F2NO2S/c1-6(2,5(11)12)13-10-3-7(8,9)4-10/h3-4H2,1-2H3,(H,11,12)/p+1. The molecule has 76 valence electrons. The van der Waals surface area contributed by atoms with Crippen LogP contribution < -0.4 is 0 Å². The molecular formula is C7H12F2NO2S+. The van der Waals surface area contributed by atoms with Crippen LogP contribution in [0.1, 0.15) is 13.8 Å². The molecule has 1 aliphatic heterocycles. The van der Waals surface area contributed by atoms with Crippen LogP contribution in [0.3, 0.4) is 0 Å². The lowest BCUT2D eigenvalue weighted by Crippen LogP contribution is -2.58. The van der Waals surface area contributed by atoms with Crippen molar-refractivity contribution in [3.63, 3.8) is 0 Å². The smallest absolute Gasteiger partial charge is 0.361 e. The number of aliphatic carboxylic acids is 1. The molecule has 1 N–H and O–H groups in total. The fraction of sp³-hybridized carbons (Fsp3) is 0.857. The van der Waals surface area contributed by atoms with Gasteiger partial charge in [0.05, 0.1) is 11.9 Å². The average Bonchev–Trinajstić information content (AvgIpc) is 1.81. The summed E-state index contributed by atoms with van der Waals surface area (Å²) in [6, 6.07) is 0. The maximum atomic E-state index is 12.4. The minimum atomic E-state index is -2.62. The lowest BCUT2D eigenvalue weighted by molar-refractivity contribution is -0.139. The maximum Gasteiger partial charge on any atom is 0.361 e. The van der Waals surface area contributed by atoms with Crippen LogP contribution in [0.15, 0.2) is 0 Å². The lowest BCUT2D eigenvalue weighted by atomic mass is 10.2. The third kappa shape index (κ3) is 2.54. The number of halogens is 2. The quantitative estimate of drug-likeness (QED) is 0.548. The molecular weight excluding hydrogens is 200 g/mol. The molecule has 0 aromatic rings. The lowest BCUT2D eigenvalue weighted by Gasteiger charge is -2.34. The highest BCUT2D eigenvalue weighted by atomic mass is 32.2. The van der Waals surface area contributed by atoms with E-state index in [9.17, 15) is 13.6 Å². The Morgan fingerprint density at radius 2 is 2.00 bits per heavy atom. The zero-order valence-electron chi connectivity index (χ0n) is 7.42. The van der Waals surface area contributed by atoms with E-state index in [0.29, 0.717) is 11.9 Å². The summed E-state index contributed by atoms with van der Waals surface area (Å²) in [7, 11) is 0. The van der Waals surface area contributed by atoms with Gasteiger partial charge in [-0.2, -0.15) is 0 Å². The first-order chi connectivity index (χ1) is 5.73. The van der Waals surface area contributed by atoms with Crippen molar-refractivity contribution in [2.75, 3.05) is 13.1 Å². The van der Waals surface area contributed by atoms with Gasteiger partial charge in [0.1, 0.15) is 13.1 Å². The van der Waals surface area contributed by atoms with Crippen molar-refractivity contribution in [2.45, 2.75) is 24.5 Å². The fourth-order valence-electron chi connectivity index (χ4n) is 0.955. The Balaban J connectivity index is 2.40. The van der Waals surface area contributed by atoms with Crippen molar-refractivity contribution in [2.24, 2.45) is 0 Å². The zero-order valence-corrected chi connectivity index (χ0v) is 8.31. The Labute approximate surface area is 79.2 Å². The van der Waals surface area contributed by atoms with Crippen LogP contribution >= 0.6 is 0 Å². The number of carbonyl (C=O) groups is 1. The van der Waals surface area contributed by atoms with E-state index in [2.05, 4.69) is 0 Å². The molecule has 0 aromatic heterocycles. The molecule has 0 unspecified atom stereocenters. The predicted octanol–water partition coefficient (Wildman–Crippen LogP) is 0.530. The average molecular weight is 212 g/mol. The SMILES string of the molecule is CC(C)([SH+]N1CC(F)(F)C1)C(=O)O. The van der Waals surface area contributed by atoms with Gasteiger partial charge in [0, 0.05) is 0 Å². The second-order valence-electron chi connectivity index (χ2n) is 3.64. The van der Waals surface area contributed by atoms with Gasteiger partial charge in [0.25, 0.3) is 5.92 Å². The molecule has 3 nitrogen and oxygen atoms in total. The molecule has 13 heavy (non-hydrogen) atoms. The fourth-order valence-corrected chi connectivity index (χ4v) is 2.30. The van der Waals surface area contributed by atoms with Gasteiger partial charge >= 0.3 is 5.97 Å². The van der Waals surface area contributed by atoms with Crippen molar-refractivity contribution in [3.05, 3.63) is 0 Å². The summed E-state index contributed by atoms with van der Waals surface area (Å²) in [6.07, 6.45) is 0. The largest absolute Gasteiger partial charge is 0.477 e. The summed E-state index contributed by atoms with van der Waals surface area (Å²) < 4.78 is 25.2. The zero-order chi connectivity index (χ0) is 10.3. The van der Waals surface area contributed by atoms with Crippen LogP contribution in [-0.4, -0.2) is 39.1 Å². The molecule has 0 saturated carbocycles. The van der Waals surface area contributed by atoms with Crippen LogP contribution in [0.2, 0.25) is 0 Å². The maximum absolute atomic E-state index is 12.4. The first kappa shape index (κ1) is 10.7. The Morgan fingerprint density at radius 1 is 1.54 bits per heavy atom. The molecule has 1 heterocycles. The second-order valence-corrected chi connectivity index (χ2v) is 5.53. The molecule has 0 bridgehead atoms. The molecule has 0 spiro atoms. The molecule has 0 atom stereocenters. The van der Waals surface area contributed by atoms with Gasteiger partial charge in [-0.3, -0.25) is 0 Å². The van der Waals surface area contributed by atoms with E-state index < -0.39 is 16.6 Å². The summed E-state index contributed by atoms with van der Waals surface area (Å²) in [5, 5.41) is 8.72. The molecule has 0 aromatic carbocycles. The minimum absolute atomic E-state index is 0.328. The van der Waals surface area contributed by atoms with Crippen LogP contribution in [0.25, 0.3) is 0 Å². The molecule has 0 amide bonds. The van der Waals surface area contributed by atoms with Crippen LogP contribution in [-0.2, 0) is 16.7 Å². The summed E-state index contributed by atoms with van der Waals surface area (Å²) >= 11 is 0.437. The van der Waals surface area contributed by atoms with E-state index in [-0.39, 0.29) is 13.1 Å². The number of rotatable bonds is 3. The predicted molar refractivity (Wildman–Crippen MR) is 47.0 cm³/mol. The highest BCUT2D eigenvalue weighted by Crippen LogP contribution is 2.29. The van der Waals surface area contributed by atoms with E-state index >= 15 is 0 Å². The number of nitrogens with zero attached hydrogens (tertiary/aromatic N) is 1. The first-order valence-electron chi connectivity index (χ1n) is 3.82. The third-order valence-corrected chi connectivity index (χ3v) is 3.00. The molecule has 0 aliphatic carbocycles. The number of thiol groups is 1. The monoisotopic (exact) mass is 212 g/mol. The van der Waals surface area contributed by atoms with Crippen LogP contribution in [0, 0.1) is 0 Å². The molecule has 1 rings (SSSR count). The van der Waals surface area contributed by atoms with Crippen molar-refractivity contribution in [1.82, 2.24) is 4.31 Å². The molecule has 1 saturated heterocycles. The summed E-state index contributed by atoms with van der Waals surface area (Å²) in [5.74, 6) is -3.59. The summed E-state index contributed by atoms with van der Waals surface area (Å²) in [5.41, 5.74) is 0. The highest BCUT2D eigenvalue weighted by Gasteiger charge is 2.52. The molecule has 1 aliphatic rings. The van der Waals surface area contributed by atoms with Gasteiger partial charge in [-0.05, 0) is 13.8 Å². The van der Waals surface area contributed by atoms with Gasteiger partial charge in [0.2, 0.25) is 4.75 Å². The van der Waals surface area contributed by atoms with Crippen LogP contribution in [0.4, 0.5) is 8.78 Å². The number of carboxylic acid groups (broad SMARTS) is 1. The van der Waals surface area contributed by atoms with E-state index in [1.54, 1.807) is 0 Å². The number of alkyl halides is 2. The molecule has 6 heteroatoms. The van der Waals surface area contributed by atoms with Gasteiger partial charge in [-0.25, -0.2) is 13.6 Å². The van der Waals surface area contributed by atoms with E-state index in [1.165, 1.54) is 18.2 Å². The highest BCUT2D eigenvalue weighted by molar-refractivity contribution is 7.78. The molecule has 1 fully saturated rings. The van der Waals surface area contributed by atoms with Crippen molar-refractivity contribution >= 4 is 17.9 Å². The molecule has 0 radical (unpaired) electrons. The normalized spacial score (nSPS) is 22.5. The number of carboxylic acids is 1. The Kier molecular flexibility index (Phi) is 2.55. The van der Waals surface area contributed by atoms with Gasteiger partial charge in [-0.1, -0.05) is 0 Å². The Bertz CT molecular complexity index is 225. The van der Waals surface area contributed by atoms with E-state index in [4.69, 9.17) is 5.11 Å². The second kappa shape index (κ2) is 3.09. The van der Waals surface area contributed by atoms with Crippen LogP contribution in [0.5, 0.6) is 0 Å². The van der Waals surface area contributed by atoms with Gasteiger partial charge < -0.3 is 5.11 Å². The van der Waals surface area contributed by atoms with E-state index in [1.807, 2.05) is 0 Å².